The molecule has 0 bridgehead atoms. The molecule has 0 unspecified atom stereocenters. The minimum atomic E-state index is -1.72. The second kappa shape index (κ2) is 6.67. The smallest absolute Gasteiger partial charge is 0.353 e. The van der Waals surface area contributed by atoms with Crippen LogP contribution in [0, 0.1) is 0 Å². The number of carbonyl (C=O) groups excluding carboxylic acids is 2. The second-order valence-electron chi connectivity index (χ2n) is 5.49. The number of nitrogens with zero attached hydrogens (tertiary/aromatic N) is 5. The molecule has 13 nitrogen and oxygen atoms in total. The number of hydrogen-bond acceptors (Lipinski definition) is 10. The molecule has 0 aliphatic carbocycles. The number of aliphatic carboxylic acids is 2. The largest absolute Gasteiger partial charge is 0.480 e. The van der Waals surface area contributed by atoms with Gasteiger partial charge in [0.25, 0.3) is 5.91 Å². The maximum atomic E-state index is 12.4. The zero-order valence-electron chi connectivity index (χ0n) is 13.2. The highest BCUT2D eigenvalue weighted by atomic mass is 32.2. The number of thioether (sulfide) groups is 1. The van der Waals surface area contributed by atoms with E-state index in [9.17, 15) is 24.3 Å². The van der Waals surface area contributed by atoms with Gasteiger partial charge in [-0.15, -0.1) is 16.9 Å². The summed E-state index contributed by atoms with van der Waals surface area (Å²) in [6.07, 6.45) is 0.264. The van der Waals surface area contributed by atoms with Gasteiger partial charge in [0.05, 0.1) is 4.86 Å². The van der Waals surface area contributed by atoms with E-state index in [2.05, 4.69) is 20.8 Å². The number of carbonyl (C=O) groups is 4. The maximum absolute atomic E-state index is 12.4. The number of rotatable bonds is 7. The lowest BCUT2D eigenvalue weighted by atomic mass is 9.95. The van der Waals surface area contributed by atoms with Crippen LogP contribution in [0.5, 0.6) is 0 Å². The molecule has 2 aliphatic heterocycles. The van der Waals surface area contributed by atoms with Crippen molar-refractivity contribution in [2.75, 3.05) is 5.75 Å². The van der Waals surface area contributed by atoms with Crippen molar-refractivity contribution in [3.63, 3.8) is 0 Å². The molecule has 0 saturated carbocycles. The van der Waals surface area contributed by atoms with E-state index in [4.69, 9.17) is 23.1 Å². The maximum Gasteiger partial charge on any atom is 0.353 e. The molecular formula is C12H11N7O6S2. The predicted octanol–water partition coefficient (Wildman–Crippen LogP) is -2.87. The number of hydrogen-bond donors (Lipinski definition) is 4. The SMILES string of the molecule is N[C@@]1(NC=O)C(=O)N2C(C(=O)O)=C(C(=S)c3nnnn3CC(=O)O)CS[C@H]21. The summed E-state index contributed by atoms with van der Waals surface area (Å²) >= 11 is 6.36. The summed E-state index contributed by atoms with van der Waals surface area (Å²) in [5.74, 6) is -3.54. The van der Waals surface area contributed by atoms with Crippen molar-refractivity contribution in [3.8, 4) is 0 Å². The molecule has 15 heteroatoms. The minimum Gasteiger partial charge on any atom is -0.480 e. The number of carboxylic acid groups (broad SMARTS) is 2. The highest BCUT2D eigenvalue weighted by Crippen LogP contribution is 2.44. The van der Waals surface area contributed by atoms with Crippen LogP contribution < -0.4 is 11.1 Å². The number of aromatic nitrogens is 4. The number of amides is 2. The third kappa shape index (κ3) is 2.84. The lowest BCUT2D eigenvalue weighted by molar-refractivity contribution is -0.157. The average Bonchev–Trinajstić information content (AvgIpc) is 3.06. The third-order valence-electron chi connectivity index (χ3n) is 3.90. The van der Waals surface area contributed by atoms with E-state index in [0.717, 1.165) is 21.3 Å². The molecule has 27 heavy (non-hydrogen) atoms. The summed E-state index contributed by atoms with van der Waals surface area (Å²) in [5, 5.41) is 30.4. The Balaban J connectivity index is 2.01. The fourth-order valence-electron chi connectivity index (χ4n) is 2.72. The molecule has 0 radical (unpaired) electrons. The van der Waals surface area contributed by atoms with Crippen molar-refractivity contribution in [2.45, 2.75) is 17.6 Å². The van der Waals surface area contributed by atoms with E-state index in [-0.39, 0.29) is 28.4 Å². The van der Waals surface area contributed by atoms with Gasteiger partial charge in [0.15, 0.2) is 5.82 Å². The zero-order chi connectivity index (χ0) is 19.9. The fourth-order valence-corrected chi connectivity index (χ4v) is 4.52. The summed E-state index contributed by atoms with van der Waals surface area (Å²) in [5.41, 5.74) is 3.81. The Morgan fingerprint density at radius 1 is 1.48 bits per heavy atom. The first kappa shape index (κ1) is 18.9. The molecule has 3 rings (SSSR count). The second-order valence-corrected chi connectivity index (χ2v) is 6.96. The van der Waals surface area contributed by atoms with Gasteiger partial charge >= 0.3 is 11.9 Å². The van der Waals surface area contributed by atoms with Crippen LogP contribution in [-0.2, 0) is 25.7 Å². The third-order valence-corrected chi connectivity index (χ3v) is 5.69. The fraction of sp³-hybridized carbons (Fsp3) is 0.333. The van der Waals surface area contributed by atoms with Gasteiger partial charge < -0.3 is 15.5 Å². The van der Waals surface area contributed by atoms with Crippen molar-refractivity contribution < 1.29 is 29.4 Å². The van der Waals surface area contributed by atoms with Crippen LogP contribution in [0.1, 0.15) is 5.82 Å². The molecule has 3 heterocycles. The molecule has 1 saturated heterocycles. The molecule has 0 aromatic carbocycles. The number of tetrazole rings is 1. The Kier molecular flexibility index (Phi) is 4.66. The van der Waals surface area contributed by atoms with Gasteiger partial charge in [-0.2, -0.15) is 0 Å². The summed E-state index contributed by atoms with van der Waals surface area (Å²) in [6, 6.07) is 0. The normalized spacial score (nSPS) is 24.1. The molecule has 0 spiro atoms. The predicted molar refractivity (Wildman–Crippen MR) is 91.0 cm³/mol. The van der Waals surface area contributed by atoms with Crippen molar-refractivity contribution >= 4 is 53.1 Å². The van der Waals surface area contributed by atoms with Gasteiger partial charge in [-0.05, 0) is 10.4 Å². The van der Waals surface area contributed by atoms with E-state index in [1.807, 2.05) is 0 Å². The topological polar surface area (TPSA) is 194 Å². The van der Waals surface area contributed by atoms with E-state index in [0.29, 0.717) is 0 Å². The first-order valence-corrected chi connectivity index (χ1v) is 8.62. The van der Waals surface area contributed by atoms with Crippen LogP contribution in [-0.4, -0.2) is 81.2 Å². The monoisotopic (exact) mass is 413 g/mol. The van der Waals surface area contributed by atoms with Crippen LogP contribution in [0.25, 0.3) is 0 Å². The Morgan fingerprint density at radius 2 is 2.19 bits per heavy atom. The first-order chi connectivity index (χ1) is 12.7. The Hall–Kier alpha value is -2.91. The Bertz CT molecular complexity index is 914. The number of fused-ring (bicyclic) bond motifs is 1. The minimum absolute atomic E-state index is 0.0360. The summed E-state index contributed by atoms with van der Waals surface area (Å²) in [4.78, 5) is 46.6. The zero-order valence-corrected chi connectivity index (χ0v) is 14.9. The molecule has 142 valence electrons. The number of thiocarbonyl (C=S) groups is 1. The van der Waals surface area contributed by atoms with Crippen LogP contribution in [0.3, 0.4) is 0 Å². The van der Waals surface area contributed by atoms with Crippen molar-refractivity contribution in [1.29, 1.82) is 0 Å². The Labute approximate surface area is 159 Å². The number of nitrogens with two attached hydrogens (primary N) is 1. The molecule has 2 amide bonds. The molecule has 2 atom stereocenters. The van der Waals surface area contributed by atoms with Crippen molar-refractivity contribution in [1.82, 2.24) is 30.4 Å². The number of nitrogens with one attached hydrogen (secondary N) is 1. The molecule has 1 aromatic rings. The molecule has 1 fully saturated rings. The molecule has 5 N–H and O–H groups in total. The molecular weight excluding hydrogens is 402 g/mol. The van der Waals surface area contributed by atoms with Crippen molar-refractivity contribution in [2.24, 2.45) is 5.73 Å². The van der Waals surface area contributed by atoms with Crippen LogP contribution in [0.2, 0.25) is 0 Å². The lowest BCUT2D eigenvalue weighted by Crippen LogP contribution is -2.83. The lowest BCUT2D eigenvalue weighted by Gasteiger charge is -2.54. The number of β-lactam (4-membered cyclic amide) rings is 1. The Morgan fingerprint density at radius 3 is 2.78 bits per heavy atom. The van der Waals surface area contributed by atoms with Crippen LogP contribution in [0.4, 0.5) is 0 Å². The number of carboxylic acids is 2. The summed E-state index contributed by atoms with van der Waals surface area (Å²) in [7, 11) is 0. The molecule has 2 aliphatic rings. The van der Waals surface area contributed by atoms with E-state index >= 15 is 0 Å². The van der Waals surface area contributed by atoms with Gasteiger partial charge in [0.1, 0.15) is 17.6 Å². The van der Waals surface area contributed by atoms with Gasteiger partial charge in [0.2, 0.25) is 12.1 Å². The van der Waals surface area contributed by atoms with Crippen LogP contribution in [0.15, 0.2) is 11.3 Å². The molecule has 1 aromatic heterocycles. The summed E-state index contributed by atoms with van der Waals surface area (Å²) in [6.45, 7) is -0.578. The first-order valence-electron chi connectivity index (χ1n) is 7.17. The van der Waals surface area contributed by atoms with Gasteiger partial charge in [0, 0.05) is 11.3 Å². The van der Waals surface area contributed by atoms with E-state index in [1.54, 1.807) is 0 Å². The van der Waals surface area contributed by atoms with Gasteiger partial charge in [-0.1, -0.05) is 12.2 Å². The van der Waals surface area contributed by atoms with Gasteiger partial charge in [-0.3, -0.25) is 25.0 Å². The standard InChI is InChI=1S/C12H11N7O6S2/c13-12(14-3-20)10(25)19-6(9(23)24)4(2-27-11(12)19)7(26)8-15-16-17-18(8)1-5(21)22/h3,11H,1-2,13H2,(H,14,20)(H,21,22)(H,23,24)/t11-,12+/m0/s1. The van der Waals surface area contributed by atoms with Crippen LogP contribution >= 0.6 is 24.0 Å². The van der Waals surface area contributed by atoms with Crippen molar-refractivity contribution in [3.05, 3.63) is 17.1 Å². The highest BCUT2D eigenvalue weighted by Gasteiger charge is 2.63. The van der Waals surface area contributed by atoms with Gasteiger partial charge in [-0.25, -0.2) is 9.48 Å². The average molecular weight is 413 g/mol. The van der Waals surface area contributed by atoms with E-state index in [1.165, 1.54) is 0 Å². The quantitative estimate of drug-likeness (QED) is 0.117. The van der Waals surface area contributed by atoms with E-state index < -0.39 is 41.1 Å². The highest BCUT2D eigenvalue weighted by molar-refractivity contribution is 8.00. The summed E-state index contributed by atoms with van der Waals surface area (Å²) < 4.78 is 0.910.